The molecule has 0 fully saturated rings. The summed E-state index contributed by atoms with van der Waals surface area (Å²) in [5, 5.41) is 7.65. The molecular formula is C19H18ClN3O. The van der Waals surface area contributed by atoms with Crippen LogP contribution in [0.25, 0.3) is 0 Å². The van der Waals surface area contributed by atoms with Gasteiger partial charge >= 0.3 is 0 Å². The van der Waals surface area contributed by atoms with E-state index in [0.29, 0.717) is 5.02 Å². The van der Waals surface area contributed by atoms with Crippen LogP contribution in [0.2, 0.25) is 5.02 Å². The third-order valence-corrected chi connectivity index (χ3v) is 4.47. The lowest BCUT2D eigenvalue weighted by molar-refractivity contribution is 0.0937. The van der Waals surface area contributed by atoms with E-state index < -0.39 is 0 Å². The molecular weight excluding hydrogens is 322 g/mol. The molecule has 1 heterocycles. The Morgan fingerprint density at radius 3 is 1.96 bits per heavy atom. The van der Waals surface area contributed by atoms with Crippen molar-refractivity contribution in [1.29, 1.82) is 0 Å². The van der Waals surface area contributed by atoms with Crippen molar-refractivity contribution in [3.05, 3.63) is 88.2 Å². The van der Waals surface area contributed by atoms with Gasteiger partial charge < -0.3 is 5.32 Å². The molecule has 0 aliphatic rings. The number of hydrogen-bond acceptors (Lipinski definition) is 2. The first-order valence-corrected chi connectivity index (χ1v) is 8.05. The van der Waals surface area contributed by atoms with Gasteiger partial charge in [-0.2, -0.15) is 5.10 Å². The number of halogens is 1. The molecule has 0 aliphatic heterocycles. The van der Waals surface area contributed by atoms with E-state index in [0.717, 1.165) is 16.8 Å². The van der Waals surface area contributed by atoms with Gasteiger partial charge in [-0.3, -0.25) is 9.48 Å². The van der Waals surface area contributed by atoms with Gasteiger partial charge in [0.05, 0.1) is 16.8 Å². The number of hydrogen-bond donors (Lipinski definition) is 1. The SMILES string of the molecule is Cc1c(Cl)c(C(=O)NC(c2ccccc2)c2ccccc2)nn1C. The van der Waals surface area contributed by atoms with Crippen LogP contribution >= 0.6 is 11.6 Å². The van der Waals surface area contributed by atoms with E-state index >= 15 is 0 Å². The molecule has 0 saturated carbocycles. The zero-order valence-electron chi connectivity index (χ0n) is 13.5. The van der Waals surface area contributed by atoms with E-state index in [1.54, 1.807) is 11.7 Å². The minimum Gasteiger partial charge on any atom is -0.340 e. The first-order valence-electron chi connectivity index (χ1n) is 7.67. The minimum atomic E-state index is -0.290. The second-order valence-electron chi connectivity index (χ2n) is 5.60. The highest BCUT2D eigenvalue weighted by Gasteiger charge is 2.22. The van der Waals surface area contributed by atoms with E-state index in [2.05, 4.69) is 10.4 Å². The normalized spacial score (nSPS) is 10.8. The minimum absolute atomic E-state index is 0.244. The zero-order chi connectivity index (χ0) is 17.1. The Labute approximate surface area is 146 Å². The molecule has 1 N–H and O–H groups in total. The number of amides is 1. The molecule has 0 atom stereocenters. The van der Waals surface area contributed by atoms with Crippen LogP contribution in [-0.4, -0.2) is 15.7 Å². The van der Waals surface area contributed by atoms with Gasteiger partial charge in [0, 0.05) is 7.05 Å². The smallest absolute Gasteiger partial charge is 0.274 e. The molecule has 3 rings (SSSR count). The molecule has 2 aromatic carbocycles. The molecule has 24 heavy (non-hydrogen) atoms. The van der Waals surface area contributed by atoms with Crippen LogP contribution in [0.5, 0.6) is 0 Å². The molecule has 1 aromatic heterocycles. The predicted molar refractivity (Wildman–Crippen MR) is 95.1 cm³/mol. The van der Waals surface area contributed by atoms with Crippen LogP contribution in [0.4, 0.5) is 0 Å². The Balaban J connectivity index is 1.95. The number of carbonyl (C=O) groups excluding carboxylic acids is 1. The Hall–Kier alpha value is -2.59. The molecule has 0 saturated heterocycles. The maximum absolute atomic E-state index is 12.7. The lowest BCUT2D eigenvalue weighted by Crippen LogP contribution is -2.30. The monoisotopic (exact) mass is 339 g/mol. The second-order valence-corrected chi connectivity index (χ2v) is 5.98. The fraction of sp³-hybridized carbons (Fsp3) is 0.158. The van der Waals surface area contributed by atoms with E-state index in [9.17, 15) is 4.79 Å². The lowest BCUT2D eigenvalue weighted by atomic mass is 9.98. The third kappa shape index (κ3) is 3.19. The molecule has 5 heteroatoms. The average Bonchev–Trinajstić information content (AvgIpc) is 2.88. The van der Waals surface area contributed by atoms with Gasteiger partial charge in [-0.25, -0.2) is 0 Å². The topological polar surface area (TPSA) is 46.9 Å². The fourth-order valence-electron chi connectivity index (χ4n) is 2.58. The summed E-state index contributed by atoms with van der Waals surface area (Å²) in [4.78, 5) is 12.7. The lowest BCUT2D eigenvalue weighted by Gasteiger charge is -2.19. The summed E-state index contributed by atoms with van der Waals surface area (Å²) in [6.07, 6.45) is 0. The van der Waals surface area contributed by atoms with Crippen molar-refractivity contribution < 1.29 is 4.79 Å². The van der Waals surface area contributed by atoms with Crippen molar-refractivity contribution in [3.8, 4) is 0 Å². The van der Waals surface area contributed by atoms with Crippen molar-refractivity contribution in [2.24, 2.45) is 7.05 Å². The number of nitrogens with zero attached hydrogens (tertiary/aromatic N) is 2. The highest BCUT2D eigenvalue weighted by atomic mass is 35.5. The summed E-state index contributed by atoms with van der Waals surface area (Å²) < 4.78 is 1.61. The first-order chi connectivity index (χ1) is 11.6. The molecule has 0 spiro atoms. The summed E-state index contributed by atoms with van der Waals surface area (Å²) in [5.41, 5.74) is 3.01. The van der Waals surface area contributed by atoms with Gasteiger partial charge in [0.1, 0.15) is 0 Å². The van der Waals surface area contributed by atoms with Crippen molar-refractivity contribution >= 4 is 17.5 Å². The van der Waals surface area contributed by atoms with E-state index in [4.69, 9.17) is 11.6 Å². The summed E-state index contributed by atoms with van der Waals surface area (Å²) in [6, 6.07) is 19.4. The summed E-state index contributed by atoms with van der Waals surface area (Å²) in [7, 11) is 1.77. The molecule has 0 unspecified atom stereocenters. The van der Waals surface area contributed by atoms with E-state index in [1.165, 1.54) is 0 Å². The summed E-state index contributed by atoms with van der Waals surface area (Å²) in [5.74, 6) is -0.290. The van der Waals surface area contributed by atoms with Crippen LogP contribution in [0, 0.1) is 6.92 Å². The molecule has 0 aliphatic carbocycles. The Morgan fingerprint density at radius 1 is 1.04 bits per heavy atom. The first kappa shape index (κ1) is 16.3. The molecule has 0 radical (unpaired) electrons. The average molecular weight is 340 g/mol. The molecule has 122 valence electrons. The maximum Gasteiger partial charge on any atom is 0.274 e. The van der Waals surface area contributed by atoms with Gasteiger partial charge in [-0.15, -0.1) is 0 Å². The summed E-state index contributed by atoms with van der Waals surface area (Å²) >= 11 is 6.24. The van der Waals surface area contributed by atoms with Gasteiger partial charge in [-0.05, 0) is 18.1 Å². The number of aryl methyl sites for hydroxylation is 1. The van der Waals surface area contributed by atoms with Gasteiger partial charge in [0.2, 0.25) is 0 Å². The highest BCUT2D eigenvalue weighted by Crippen LogP contribution is 2.24. The predicted octanol–water partition coefficient (Wildman–Crippen LogP) is 3.90. The van der Waals surface area contributed by atoms with Crippen molar-refractivity contribution in [2.45, 2.75) is 13.0 Å². The van der Waals surface area contributed by atoms with E-state index in [1.807, 2.05) is 67.6 Å². The largest absolute Gasteiger partial charge is 0.340 e. The Morgan fingerprint density at radius 2 is 1.54 bits per heavy atom. The Bertz CT molecular complexity index is 804. The van der Waals surface area contributed by atoms with Crippen molar-refractivity contribution in [2.75, 3.05) is 0 Å². The van der Waals surface area contributed by atoms with Crippen LogP contribution in [0.1, 0.15) is 33.4 Å². The van der Waals surface area contributed by atoms with Gasteiger partial charge in [-0.1, -0.05) is 72.3 Å². The number of rotatable bonds is 4. The Kier molecular flexibility index (Phi) is 4.67. The quantitative estimate of drug-likeness (QED) is 0.783. The van der Waals surface area contributed by atoms with Crippen LogP contribution in [0.3, 0.4) is 0 Å². The molecule has 1 amide bonds. The number of carbonyl (C=O) groups is 1. The van der Waals surface area contributed by atoms with Gasteiger partial charge in [0.25, 0.3) is 5.91 Å². The molecule has 4 nitrogen and oxygen atoms in total. The van der Waals surface area contributed by atoms with Crippen LogP contribution in [-0.2, 0) is 7.05 Å². The number of aromatic nitrogens is 2. The van der Waals surface area contributed by atoms with Crippen LogP contribution in [0.15, 0.2) is 60.7 Å². The van der Waals surface area contributed by atoms with Crippen molar-refractivity contribution in [3.63, 3.8) is 0 Å². The van der Waals surface area contributed by atoms with Crippen molar-refractivity contribution in [1.82, 2.24) is 15.1 Å². The fourth-order valence-corrected chi connectivity index (χ4v) is 2.82. The van der Waals surface area contributed by atoms with Crippen LogP contribution < -0.4 is 5.32 Å². The van der Waals surface area contributed by atoms with E-state index in [-0.39, 0.29) is 17.6 Å². The second kappa shape index (κ2) is 6.89. The standard InChI is InChI=1S/C19H18ClN3O/c1-13-16(20)18(22-23(13)2)19(24)21-17(14-9-5-3-6-10-14)15-11-7-4-8-12-15/h3-12,17H,1-2H3,(H,21,24). The third-order valence-electron chi connectivity index (χ3n) is 4.02. The maximum atomic E-state index is 12.7. The molecule has 0 bridgehead atoms. The molecule has 3 aromatic rings. The number of benzene rings is 2. The number of nitrogens with one attached hydrogen (secondary N) is 1. The van der Waals surface area contributed by atoms with Gasteiger partial charge in [0.15, 0.2) is 5.69 Å². The summed E-state index contributed by atoms with van der Waals surface area (Å²) in [6.45, 7) is 1.83. The highest BCUT2D eigenvalue weighted by molar-refractivity contribution is 6.34. The zero-order valence-corrected chi connectivity index (χ0v) is 14.3.